The van der Waals surface area contributed by atoms with Crippen molar-refractivity contribution in [3.05, 3.63) is 53.4 Å². The van der Waals surface area contributed by atoms with Crippen LogP contribution < -0.4 is 14.8 Å². The van der Waals surface area contributed by atoms with Crippen molar-refractivity contribution >= 4 is 31.8 Å². The largest absolute Gasteiger partial charge is 0.493 e. The lowest BCUT2D eigenvalue weighted by Crippen LogP contribution is -2.41. The van der Waals surface area contributed by atoms with Gasteiger partial charge in [0.15, 0.2) is 0 Å². The molecular weight excluding hydrogens is 498 g/mol. The predicted octanol–water partition coefficient (Wildman–Crippen LogP) is 5.45. The first-order valence-electron chi connectivity index (χ1n) is 13.0. The van der Waals surface area contributed by atoms with E-state index >= 15 is 0 Å². The Bertz CT molecular complexity index is 1240. The molecular formula is C28H37N5O4Si. The highest BCUT2D eigenvalue weighted by Gasteiger charge is 2.28. The molecule has 9 nitrogen and oxygen atoms in total. The molecule has 0 saturated carbocycles. The first kappa shape index (κ1) is 27.5. The summed E-state index contributed by atoms with van der Waals surface area (Å²) in [6, 6.07) is 8.59. The van der Waals surface area contributed by atoms with Crippen molar-refractivity contribution in [3.63, 3.8) is 0 Å². The maximum absolute atomic E-state index is 11.7. The van der Waals surface area contributed by atoms with Crippen LogP contribution >= 0.6 is 0 Å². The average molecular weight is 536 g/mol. The van der Waals surface area contributed by atoms with E-state index in [0.717, 1.165) is 28.6 Å². The fourth-order valence-electron chi connectivity index (χ4n) is 4.42. The van der Waals surface area contributed by atoms with E-state index < -0.39 is 8.07 Å². The van der Waals surface area contributed by atoms with Crippen molar-refractivity contribution in [1.29, 1.82) is 10.8 Å². The first-order valence-corrected chi connectivity index (χ1v) is 16.7. The molecule has 0 fully saturated rings. The maximum Gasteiger partial charge on any atom is 0.225 e. The fraction of sp³-hybridized carbons (Fsp3) is 0.429. The van der Waals surface area contributed by atoms with Gasteiger partial charge in [-0.3, -0.25) is 10.2 Å². The smallest absolute Gasteiger partial charge is 0.225 e. The molecule has 3 heterocycles. The molecule has 0 bridgehead atoms. The van der Waals surface area contributed by atoms with Crippen LogP contribution in [0.1, 0.15) is 24.5 Å². The highest BCUT2D eigenvalue weighted by atomic mass is 28.3. The van der Waals surface area contributed by atoms with Crippen molar-refractivity contribution in [3.8, 4) is 17.2 Å². The molecule has 10 heteroatoms. The lowest BCUT2D eigenvalue weighted by Gasteiger charge is -2.33. The Balaban J connectivity index is 1.47. The number of fused-ring (bicyclic) bond motifs is 2. The molecule has 0 saturated heterocycles. The zero-order valence-corrected chi connectivity index (χ0v) is 23.6. The minimum Gasteiger partial charge on any atom is -0.493 e. The van der Waals surface area contributed by atoms with Crippen LogP contribution in [0.3, 0.4) is 0 Å². The van der Waals surface area contributed by atoms with Gasteiger partial charge in [-0.15, -0.1) is 0 Å². The van der Waals surface area contributed by atoms with E-state index in [0.29, 0.717) is 55.6 Å². The quantitative estimate of drug-likeness (QED) is 0.122. The Kier molecular flexibility index (Phi) is 8.63. The second-order valence-corrected chi connectivity index (χ2v) is 16.5. The van der Waals surface area contributed by atoms with Crippen molar-refractivity contribution in [2.75, 3.05) is 25.3 Å². The molecule has 1 amide bonds. The van der Waals surface area contributed by atoms with Crippen molar-refractivity contribution < 1.29 is 19.0 Å². The number of anilines is 1. The van der Waals surface area contributed by atoms with E-state index in [1.54, 1.807) is 12.3 Å². The van der Waals surface area contributed by atoms with Gasteiger partial charge < -0.3 is 29.8 Å². The molecule has 0 radical (unpaired) electrons. The summed E-state index contributed by atoms with van der Waals surface area (Å²) in [5.74, 6) is 2.87. The normalized spacial score (nSPS) is 17.0. The third-order valence-electron chi connectivity index (χ3n) is 6.68. The van der Waals surface area contributed by atoms with Crippen LogP contribution in [-0.4, -0.2) is 55.9 Å². The summed E-state index contributed by atoms with van der Waals surface area (Å²) in [5.41, 5.74) is 2.64. The molecule has 2 aliphatic rings. The third kappa shape index (κ3) is 6.87. The number of amides is 1. The van der Waals surface area contributed by atoms with Crippen LogP contribution in [0, 0.1) is 16.7 Å². The summed E-state index contributed by atoms with van der Waals surface area (Å²) in [6.07, 6.45) is 6.15. The van der Waals surface area contributed by atoms with Gasteiger partial charge in [0.2, 0.25) is 5.91 Å². The monoisotopic (exact) mass is 535 g/mol. The van der Waals surface area contributed by atoms with Gasteiger partial charge in [-0.25, -0.2) is 4.98 Å². The molecule has 1 unspecified atom stereocenters. The maximum atomic E-state index is 11.7. The number of ether oxygens (including phenoxy) is 3. The number of aromatic nitrogens is 1. The number of rotatable bonds is 10. The van der Waals surface area contributed by atoms with Crippen LogP contribution in [0.2, 0.25) is 25.7 Å². The summed E-state index contributed by atoms with van der Waals surface area (Å²) >= 11 is 0. The zero-order valence-electron chi connectivity index (χ0n) is 22.6. The molecule has 0 spiro atoms. The number of hydrogen-bond donors (Lipinski definition) is 3. The second kappa shape index (κ2) is 11.9. The zero-order chi connectivity index (χ0) is 27.3. The lowest BCUT2D eigenvalue weighted by atomic mass is 9.94. The van der Waals surface area contributed by atoms with E-state index in [1.165, 1.54) is 6.21 Å². The number of carbonyl (C=O) groups excluding carboxylic acids is 1. The average Bonchev–Trinajstić information content (AvgIpc) is 2.87. The number of benzene rings is 1. The SMILES string of the molecule is C/C(=C\C=N)N(COCC[Si](C)(C)C)C(=N)C1COc2ccc(Oc3ccnc4c3CCC(=O)N4)cc2C1. The predicted molar refractivity (Wildman–Crippen MR) is 151 cm³/mol. The standard InChI is InChI=1S/C28H37N5O4Si/c1-19(9-11-29)33(18-35-13-14-38(2,3)4)27(30)21-15-20-16-22(5-7-24(20)36-17-21)37-25-10-12-31-28-23(25)6-8-26(34)32-28/h5,7,9-12,16,21,29-30H,6,8,13-15,17-18H2,1-4H3,(H,31,32,34)/b19-9+,29-11?,30-27?. The highest BCUT2D eigenvalue weighted by Crippen LogP contribution is 2.36. The molecule has 2 aliphatic heterocycles. The van der Waals surface area contributed by atoms with E-state index in [4.69, 9.17) is 25.0 Å². The van der Waals surface area contributed by atoms with Gasteiger partial charge in [0.05, 0.1) is 12.5 Å². The van der Waals surface area contributed by atoms with Crippen LogP contribution in [0.5, 0.6) is 17.2 Å². The van der Waals surface area contributed by atoms with Crippen molar-refractivity contribution in [2.24, 2.45) is 5.92 Å². The molecule has 3 N–H and O–H groups in total. The fourth-order valence-corrected chi connectivity index (χ4v) is 5.17. The number of allylic oxidation sites excluding steroid dienone is 2. The number of nitrogens with one attached hydrogen (secondary N) is 3. The molecule has 38 heavy (non-hydrogen) atoms. The van der Waals surface area contributed by atoms with E-state index in [2.05, 4.69) is 29.9 Å². The van der Waals surface area contributed by atoms with Crippen molar-refractivity contribution in [2.45, 2.75) is 51.9 Å². The molecule has 2 aromatic rings. The Labute approximate surface area is 225 Å². The van der Waals surface area contributed by atoms with Gasteiger partial charge in [0, 0.05) is 44.8 Å². The molecule has 1 aromatic carbocycles. The van der Waals surface area contributed by atoms with E-state index in [-0.39, 0.29) is 18.6 Å². The molecule has 202 valence electrons. The second-order valence-electron chi connectivity index (χ2n) is 10.9. The van der Waals surface area contributed by atoms with Crippen LogP contribution in [0.15, 0.2) is 42.2 Å². The minimum absolute atomic E-state index is 0.0391. The Morgan fingerprint density at radius 3 is 2.87 bits per heavy atom. The summed E-state index contributed by atoms with van der Waals surface area (Å²) < 4.78 is 18.2. The number of pyridine rings is 1. The van der Waals surface area contributed by atoms with Gasteiger partial charge in [0.1, 0.15) is 35.6 Å². The topological polar surface area (TPSA) is 121 Å². The summed E-state index contributed by atoms with van der Waals surface area (Å²) in [5, 5.41) is 19.3. The van der Waals surface area contributed by atoms with Gasteiger partial charge in [0.25, 0.3) is 0 Å². The Morgan fingerprint density at radius 1 is 1.29 bits per heavy atom. The first-order chi connectivity index (χ1) is 18.1. The number of amidine groups is 1. The molecule has 4 rings (SSSR count). The van der Waals surface area contributed by atoms with E-state index in [1.807, 2.05) is 36.1 Å². The van der Waals surface area contributed by atoms with Crippen LogP contribution in [-0.2, 0) is 22.4 Å². The Morgan fingerprint density at radius 2 is 2.11 bits per heavy atom. The van der Waals surface area contributed by atoms with Gasteiger partial charge in [-0.2, -0.15) is 0 Å². The third-order valence-corrected chi connectivity index (χ3v) is 8.39. The number of hydrogen-bond acceptors (Lipinski definition) is 7. The molecule has 0 aliphatic carbocycles. The summed E-state index contributed by atoms with van der Waals surface area (Å²) in [7, 11) is -1.22. The minimum atomic E-state index is -1.22. The highest BCUT2D eigenvalue weighted by molar-refractivity contribution is 6.76. The molecule has 1 atom stereocenters. The van der Waals surface area contributed by atoms with Crippen molar-refractivity contribution in [1.82, 2.24) is 9.88 Å². The van der Waals surface area contributed by atoms with Crippen LogP contribution in [0.25, 0.3) is 0 Å². The molecule has 1 aromatic heterocycles. The van der Waals surface area contributed by atoms with Gasteiger partial charge in [-0.05, 0) is 61.7 Å². The Hall–Kier alpha value is -3.50. The van der Waals surface area contributed by atoms with Gasteiger partial charge >= 0.3 is 0 Å². The van der Waals surface area contributed by atoms with E-state index in [9.17, 15) is 4.79 Å². The van der Waals surface area contributed by atoms with Gasteiger partial charge in [-0.1, -0.05) is 19.6 Å². The lowest BCUT2D eigenvalue weighted by molar-refractivity contribution is -0.116. The number of nitrogens with zero attached hydrogens (tertiary/aromatic N) is 2. The van der Waals surface area contributed by atoms with Crippen LogP contribution in [0.4, 0.5) is 5.82 Å². The summed E-state index contributed by atoms with van der Waals surface area (Å²) in [4.78, 5) is 17.8. The summed E-state index contributed by atoms with van der Waals surface area (Å²) in [6.45, 7) is 10.2. The number of carbonyl (C=O) groups is 1.